The van der Waals surface area contributed by atoms with Gasteiger partial charge >= 0.3 is 0 Å². The molecule has 3 N–H and O–H groups in total. The van der Waals surface area contributed by atoms with Crippen LogP contribution in [0, 0.1) is 0 Å². The topological polar surface area (TPSA) is 86.6 Å². The summed E-state index contributed by atoms with van der Waals surface area (Å²) < 4.78 is 0. The minimum atomic E-state index is -0.359. The zero-order valence-corrected chi connectivity index (χ0v) is 11.9. The fraction of sp³-hybridized carbons (Fsp3) is 0.0588. The van der Waals surface area contributed by atoms with Crippen molar-refractivity contribution in [1.82, 2.24) is 5.32 Å². The van der Waals surface area contributed by atoms with E-state index in [2.05, 4.69) is 11.9 Å². The summed E-state index contributed by atoms with van der Waals surface area (Å²) in [5.74, 6) is -0.224. The molecule has 0 spiro atoms. The molecule has 0 aliphatic carbocycles. The van der Waals surface area contributed by atoms with Crippen LogP contribution in [0.1, 0.15) is 15.9 Å². The number of hydrogen-bond acceptors (Lipinski definition) is 4. The molecule has 5 heteroatoms. The lowest BCUT2D eigenvalue weighted by Gasteiger charge is -2.00. The van der Waals surface area contributed by atoms with E-state index < -0.39 is 0 Å². The molecule has 2 rings (SSSR count). The lowest BCUT2D eigenvalue weighted by molar-refractivity contribution is -0.117. The van der Waals surface area contributed by atoms with Gasteiger partial charge in [0.15, 0.2) is 5.78 Å². The molecule has 1 amide bonds. The van der Waals surface area contributed by atoms with Crippen LogP contribution >= 0.6 is 0 Å². The summed E-state index contributed by atoms with van der Waals surface area (Å²) in [5, 5.41) is 19.2. The predicted molar refractivity (Wildman–Crippen MR) is 83.4 cm³/mol. The molecule has 0 aliphatic heterocycles. The van der Waals surface area contributed by atoms with Crippen molar-refractivity contribution in [1.29, 1.82) is 0 Å². The van der Waals surface area contributed by atoms with Gasteiger partial charge in [0.1, 0.15) is 12.5 Å². The number of phenolic OH excluding ortho intramolecular Hbond substituents is 1. The van der Waals surface area contributed by atoms with Gasteiger partial charge in [0, 0.05) is 11.1 Å². The molecule has 0 radical (unpaired) electrons. The van der Waals surface area contributed by atoms with Gasteiger partial charge in [-0.1, -0.05) is 36.9 Å². The summed E-state index contributed by atoms with van der Waals surface area (Å²) in [7, 11) is 0. The third-order valence-corrected chi connectivity index (χ3v) is 2.60. The Kier molecular flexibility index (Phi) is 7.08. The summed E-state index contributed by atoms with van der Waals surface area (Å²) in [6.07, 6.45) is 1.09. The van der Waals surface area contributed by atoms with Crippen molar-refractivity contribution < 1.29 is 19.8 Å². The number of ketones is 1. The number of aliphatic hydroxyl groups is 1. The monoisotopic (exact) mass is 299 g/mol. The molecule has 5 nitrogen and oxygen atoms in total. The molecule has 22 heavy (non-hydrogen) atoms. The number of nitrogens with one attached hydrogen (secondary N) is 1. The Morgan fingerprint density at radius 2 is 1.55 bits per heavy atom. The highest BCUT2D eigenvalue weighted by atomic mass is 16.3. The standard InChI is InChI=1S/C13H10O2.C4H7NO2/c14-12-8-6-11(7-9-12)13(15)10-4-2-1-3-5-10;1-2-4(7)5-3-6/h1-9,14H;2,6H,1,3H2,(H,5,7). The lowest BCUT2D eigenvalue weighted by Crippen LogP contribution is -2.20. The van der Waals surface area contributed by atoms with Gasteiger partial charge in [-0.3, -0.25) is 9.59 Å². The quantitative estimate of drug-likeness (QED) is 0.457. The van der Waals surface area contributed by atoms with E-state index in [-0.39, 0.29) is 24.2 Å². The number of benzene rings is 2. The van der Waals surface area contributed by atoms with Gasteiger partial charge in [0.05, 0.1) is 0 Å². The van der Waals surface area contributed by atoms with E-state index in [1.54, 1.807) is 24.3 Å². The van der Waals surface area contributed by atoms with Crippen LogP contribution < -0.4 is 5.32 Å². The largest absolute Gasteiger partial charge is 0.508 e. The second kappa shape index (κ2) is 9.10. The van der Waals surface area contributed by atoms with Crippen molar-refractivity contribution in [3.05, 3.63) is 78.4 Å². The van der Waals surface area contributed by atoms with Crippen molar-refractivity contribution in [2.75, 3.05) is 6.73 Å². The van der Waals surface area contributed by atoms with Crippen molar-refractivity contribution in [2.45, 2.75) is 0 Å². The predicted octanol–water partition coefficient (Wildman–Crippen LogP) is 1.86. The van der Waals surface area contributed by atoms with Crippen LogP contribution in [-0.2, 0) is 4.79 Å². The Labute approximate surface area is 128 Å². The minimum Gasteiger partial charge on any atom is -0.508 e. The molecule has 0 atom stereocenters. The zero-order chi connectivity index (χ0) is 16.4. The highest BCUT2D eigenvalue weighted by Crippen LogP contribution is 2.13. The number of aliphatic hydroxyl groups excluding tert-OH is 1. The molecular formula is C17H17NO4. The first kappa shape index (κ1) is 17.1. The third-order valence-electron chi connectivity index (χ3n) is 2.60. The molecule has 2 aromatic carbocycles. The first-order valence-corrected chi connectivity index (χ1v) is 6.48. The fourth-order valence-corrected chi connectivity index (χ4v) is 1.52. The van der Waals surface area contributed by atoms with Gasteiger partial charge < -0.3 is 15.5 Å². The van der Waals surface area contributed by atoms with Gasteiger partial charge in [-0.05, 0) is 30.3 Å². The van der Waals surface area contributed by atoms with E-state index in [4.69, 9.17) is 10.2 Å². The maximum absolute atomic E-state index is 11.9. The summed E-state index contributed by atoms with van der Waals surface area (Å²) in [5.41, 5.74) is 1.24. The van der Waals surface area contributed by atoms with Crippen LogP contribution in [0.3, 0.4) is 0 Å². The van der Waals surface area contributed by atoms with Crippen molar-refractivity contribution in [2.24, 2.45) is 0 Å². The molecular weight excluding hydrogens is 282 g/mol. The third kappa shape index (κ3) is 5.60. The highest BCUT2D eigenvalue weighted by Gasteiger charge is 2.07. The normalized spacial score (nSPS) is 9.14. The molecule has 0 unspecified atom stereocenters. The average Bonchev–Trinajstić information content (AvgIpc) is 2.56. The number of carbonyl (C=O) groups excluding carboxylic acids is 2. The molecule has 2 aromatic rings. The van der Waals surface area contributed by atoms with Crippen molar-refractivity contribution in [3.63, 3.8) is 0 Å². The van der Waals surface area contributed by atoms with Gasteiger partial charge in [0.25, 0.3) is 0 Å². The second-order valence-corrected chi connectivity index (χ2v) is 4.15. The van der Waals surface area contributed by atoms with E-state index in [0.29, 0.717) is 11.1 Å². The number of carbonyl (C=O) groups is 2. The van der Waals surface area contributed by atoms with E-state index in [1.165, 1.54) is 12.1 Å². The SMILES string of the molecule is C=CC(=O)NCO.O=C(c1ccccc1)c1ccc(O)cc1. The first-order chi connectivity index (χ1) is 10.6. The van der Waals surface area contributed by atoms with E-state index >= 15 is 0 Å². The van der Waals surface area contributed by atoms with Crippen molar-refractivity contribution >= 4 is 11.7 Å². The van der Waals surface area contributed by atoms with Crippen LogP contribution in [0.5, 0.6) is 5.75 Å². The number of rotatable bonds is 4. The van der Waals surface area contributed by atoms with Gasteiger partial charge in [0.2, 0.25) is 5.91 Å². The van der Waals surface area contributed by atoms with Gasteiger partial charge in [-0.15, -0.1) is 0 Å². The maximum atomic E-state index is 11.9. The molecule has 0 fully saturated rings. The number of aromatic hydroxyl groups is 1. The summed E-state index contributed by atoms with van der Waals surface area (Å²) in [6.45, 7) is 2.83. The molecule has 0 saturated carbocycles. The highest BCUT2D eigenvalue weighted by molar-refractivity contribution is 6.08. The van der Waals surface area contributed by atoms with Crippen LogP contribution in [0.15, 0.2) is 67.3 Å². The van der Waals surface area contributed by atoms with Crippen molar-refractivity contribution in [3.8, 4) is 5.75 Å². The Hall–Kier alpha value is -2.92. The molecule has 0 aromatic heterocycles. The van der Waals surface area contributed by atoms with Crippen LogP contribution in [0.2, 0.25) is 0 Å². The van der Waals surface area contributed by atoms with Gasteiger partial charge in [-0.2, -0.15) is 0 Å². The van der Waals surface area contributed by atoms with E-state index in [0.717, 1.165) is 6.08 Å². The minimum absolute atomic E-state index is 0.0319. The summed E-state index contributed by atoms with van der Waals surface area (Å²) in [4.78, 5) is 21.9. The lowest BCUT2D eigenvalue weighted by atomic mass is 10.0. The number of amides is 1. The Morgan fingerprint density at radius 1 is 1.00 bits per heavy atom. The van der Waals surface area contributed by atoms with Crippen LogP contribution in [0.25, 0.3) is 0 Å². The van der Waals surface area contributed by atoms with E-state index in [9.17, 15) is 9.59 Å². The second-order valence-electron chi connectivity index (χ2n) is 4.15. The first-order valence-electron chi connectivity index (χ1n) is 6.48. The zero-order valence-electron chi connectivity index (χ0n) is 11.9. The van der Waals surface area contributed by atoms with Crippen LogP contribution in [0.4, 0.5) is 0 Å². The molecule has 0 aliphatic rings. The smallest absolute Gasteiger partial charge is 0.245 e. The number of hydrogen-bond donors (Lipinski definition) is 3. The molecule has 0 bridgehead atoms. The average molecular weight is 299 g/mol. The number of phenols is 1. The van der Waals surface area contributed by atoms with Gasteiger partial charge in [-0.25, -0.2) is 0 Å². The fourth-order valence-electron chi connectivity index (χ4n) is 1.52. The van der Waals surface area contributed by atoms with Crippen LogP contribution in [-0.4, -0.2) is 28.6 Å². The Morgan fingerprint density at radius 3 is 2.00 bits per heavy atom. The molecule has 0 heterocycles. The Bertz CT molecular complexity index is 621. The molecule has 0 saturated heterocycles. The molecule has 114 valence electrons. The van der Waals surface area contributed by atoms with E-state index in [1.807, 2.05) is 18.2 Å². The summed E-state index contributed by atoms with van der Waals surface area (Å²) in [6, 6.07) is 15.3. The Balaban J connectivity index is 0.000000295. The summed E-state index contributed by atoms with van der Waals surface area (Å²) >= 11 is 0. The maximum Gasteiger partial charge on any atom is 0.245 e.